The predicted octanol–water partition coefficient (Wildman–Crippen LogP) is 3.72. The highest BCUT2D eigenvalue weighted by Crippen LogP contribution is 2.20. The summed E-state index contributed by atoms with van der Waals surface area (Å²) in [6.07, 6.45) is 3.52. The van der Waals surface area contributed by atoms with E-state index in [9.17, 15) is 0 Å². The van der Waals surface area contributed by atoms with E-state index in [1.807, 2.05) is 29.8 Å². The largest absolute Gasteiger partial charge is 0.258 e. The highest BCUT2D eigenvalue weighted by atomic mass is 32.1. The average Bonchev–Trinajstić information content (AvgIpc) is 2.98. The SMILES string of the molecule is CCN=c1scc(-c2ccc(C)cc2)n1/N=C\c1ccccn1. The van der Waals surface area contributed by atoms with E-state index >= 15 is 0 Å². The molecule has 116 valence electrons. The Hall–Kier alpha value is -2.53. The molecule has 0 radical (unpaired) electrons. The van der Waals surface area contributed by atoms with Gasteiger partial charge in [0.25, 0.3) is 0 Å². The Morgan fingerprint density at radius 3 is 2.70 bits per heavy atom. The fourth-order valence-electron chi connectivity index (χ4n) is 2.15. The minimum Gasteiger partial charge on any atom is -0.258 e. The molecule has 0 aliphatic rings. The highest BCUT2D eigenvalue weighted by molar-refractivity contribution is 7.07. The number of aromatic nitrogens is 2. The van der Waals surface area contributed by atoms with Gasteiger partial charge in [-0.1, -0.05) is 35.9 Å². The fraction of sp³-hybridized carbons (Fsp3) is 0.167. The summed E-state index contributed by atoms with van der Waals surface area (Å²) in [5, 5.41) is 6.69. The van der Waals surface area contributed by atoms with Crippen molar-refractivity contribution < 1.29 is 0 Å². The first-order valence-electron chi connectivity index (χ1n) is 7.51. The Balaban J connectivity index is 2.06. The normalized spacial score (nSPS) is 12.2. The zero-order valence-electron chi connectivity index (χ0n) is 13.2. The number of thiazole rings is 1. The van der Waals surface area contributed by atoms with E-state index in [0.29, 0.717) is 0 Å². The van der Waals surface area contributed by atoms with Crippen LogP contribution in [0.4, 0.5) is 0 Å². The van der Waals surface area contributed by atoms with Crippen molar-refractivity contribution >= 4 is 17.6 Å². The lowest BCUT2D eigenvalue weighted by Crippen LogP contribution is -2.12. The lowest BCUT2D eigenvalue weighted by atomic mass is 10.1. The van der Waals surface area contributed by atoms with Crippen molar-refractivity contribution in [3.8, 4) is 11.3 Å². The van der Waals surface area contributed by atoms with E-state index in [1.54, 1.807) is 23.7 Å². The molecule has 0 bridgehead atoms. The number of hydrogen-bond acceptors (Lipinski definition) is 4. The summed E-state index contributed by atoms with van der Waals surface area (Å²) in [6.45, 7) is 4.84. The van der Waals surface area contributed by atoms with Crippen LogP contribution in [0.2, 0.25) is 0 Å². The van der Waals surface area contributed by atoms with Crippen molar-refractivity contribution in [3.63, 3.8) is 0 Å². The molecule has 4 nitrogen and oxygen atoms in total. The molecule has 0 saturated heterocycles. The molecule has 1 aromatic carbocycles. The second kappa shape index (κ2) is 7.15. The first kappa shape index (κ1) is 15.4. The molecule has 0 unspecified atom stereocenters. The predicted molar refractivity (Wildman–Crippen MR) is 95.8 cm³/mol. The molecule has 0 spiro atoms. The van der Waals surface area contributed by atoms with Crippen molar-refractivity contribution in [2.75, 3.05) is 6.54 Å². The minimum atomic E-state index is 0.729. The van der Waals surface area contributed by atoms with Gasteiger partial charge in [-0.2, -0.15) is 5.10 Å². The number of rotatable bonds is 4. The van der Waals surface area contributed by atoms with Crippen molar-refractivity contribution in [1.29, 1.82) is 0 Å². The standard InChI is InChI=1S/C18H18N4S/c1-3-19-18-22(21-12-16-6-4-5-11-20-16)17(13-23-18)15-9-7-14(2)8-10-15/h4-13H,3H2,1-2H3/b19-18?,21-12-. The highest BCUT2D eigenvalue weighted by Gasteiger charge is 2.07. The third-order valence-corrected chi connectivity index (χ3v) is 4.17. The molecular formula is C18H18N4S. The van der Waals surface area contributed by atoms with E-state index in [1.165, 1.54) is 5.56 Å². The van der Waals surface area contributed by atoms with Crippen LogP contribution in [0.3, 0.4) is 0 Å². The van der Waals surface area contributed by atoms with Gasteiger partial charge >= 0.3 is 0 Å². The maximum absolute atomic E-state index is 4.60. The third-order valence-electron chi connectivity index (χ3n) is 3.32. The molecule has 0 aliphatic heterocycles. The number of benzene rings is 1. The molecule has 5 heteroatoms. The van der Waals surface area contributed by atoms with Gasteiger partial charge in [0, 0.05) is 23.7 Å². The fourth-order valence-corrected chi connectivity index (χ4v) is 3.05. The summed E-state index contributed by atoms with van der Waals surface area (Å²) in [7, 11) is 0. The Morgan fingerprint density at radius 2 is 2.00 bits per heavy atom. The zero-order valence-corrected chi connectivity index (χ0v) is 14.0. The molecule has 2 heterocycles. The van der Waals surface area contributed by atoms with Crippen LogP contribution in [-0.2, 0) is 0 Å². The van der Waals surface area contributed by atoms with Gasteiger partial charge in [-0.05, 0) is 26.0 Å². The summed E-state index contributed by atoms with van der Waals surface area (Å²) in [5.74, 6) is 0. The molecule has 0 fully saturated rings. The smallest absolute Gasteiger partial charge is 0.206 e. The summed E-state index contributed by atoms with van der Waals surface area (Å²) in [4.78, 5) is 9.69. The van der Waals surface area contributed by atoms with Crippen molar-refractivity contribution in [3.05, 3.63) is 70.1 Å². The molecule has 2 aromatic heterocycles. The summed E-state index contributed by atoms with van der Waals surface area (Å²) in [5.41, 5.74) is 4.23. The van der Waals surface area contributed by atoms with Crippen molar-refractivity contribution in [2.24, 2.45) is 10.1 Å². The summed E-state index contributed by atoms with van der Waals surface area (Å²) >= 11 is 1.60. The molecule has 0 aliphatic carbocycles. The first-order chi connectivity index (χ1) is 11.3. The zero-order chi connectivity index (χ0) is 16.1. The third kappa shape index (κ3) is 3.63. The summed E-state index contributed by atoms with van der Waals surface area (Å²) in [6, 6.07) is 14.2. The number of pyridine rings is 1. The number of nitrogens with zero attached hydrogens (tertiary/aromatic N) is 4. The summed E-state index contributed by atoms with van der Waals surface area (Å²) < 4.78 is 1.88. The quantitative estimate of drug-likeness (QED) is 0.675. The number of hydrogen-bond donors (Lipinski definition) is 0. The van der Waals surface area contributed by atoms with Gasteiger partial charge in [-0.25, -0.2) is 4.68 Å². The van der Waals surface area contributed by atoms with Crippen LogP contribution in [0, 0.1) is 6.92 Å². The van der Waals surface area contributed by atoms with Crippen LogP contribution in [0.5, 0.6) is 0 Å². The van der Waals surface area contributed by atoms with Gasteiger partial charge < -0.3 is 0 Å². The molecule has 0 amide bonds. The van der Waals surface area contributed by atoms with E-state index < -0.39 is 0 Å². The second-order valence-corrected chi connectivity index (χ2v) is 5.89. The van der Waals surface area contributed by atoms with Gasteiger partial charge in [-0.15, -0.1) is 11.3 Å². The van der Waals surface area contributed by atoms with Gasteiger partial charge in [0.15, 0.2) is 0 Å². The van der Waals surface area contributed by atoms with Crippen molar-refractivity contribution in [1.82, 2.24) is 9.66 Å². The van der Waals surface area contributed by atoms with Crippen LogP contribution in [0.1, 0.15) is 18.2 Å². The van der Waals surface area contributed by atoms with Crippen LogP contribution >= 0.6 is 11.3 Å². The molecule has 0 N–H and O–H groups in total. The molecular weight excluding hydrogens is 304 g/mol. The van der Waals surface area contributed by atoms with Crippen LogP contribution < -0.4 is 4.80 Å². The number of aryl methyl sites for hydroxylation is 1. The van der Waals surface area contributed by atoms with Gasteiger partial charge in [0.2, 0.25) is 4.80 Å². The lowest BCUT2D eigenvalue weighted by Gasteiger charge is -2.04. The molecule has 3 rings (SSSR count). The Kier molecular flexibility index (Phi) is 4.78. The Labute approximate surface area is 139 Å². The molecule has 3 aromatic rings. The minimum absolute atomic E-state index is 0.729. The molecule has 0 atom stereocenters. The van der Waals surface area contributed by atoms with Crippen LogP contribution in [0.15, 0.2) is 64.1 Å². The lowest BCUT2D eigenvalue weighted by molar-refractivity contribution is 0.832. The second-order valence-electron chi connectivity index (χ2n) is 5.05. The van der Waals surface area contributed by atoms with E-state index in [2.05, 4.69) is 51.6 Å². The maximum atomic E-state index is 4.60. The maximum Gasteiger partial charge on any atom is 0.206 e. The topological polar surface area (TPSA) is 42.5 Å². The monoisotopic (exact) mass is 322 g/mol. The first-order valence-corrected chi connectivity index (χ1v) is 8.39. The molecule has 23 heavy (non-hydrogen) atoms. The Morgan fingerprint density at radius 1 is 1.17 bits per heavy atom. The average molecular weight is 322 g/mol. The van der Waals surface area contributed by atoms with Crippen LogP contribution in [-0.4, -0.2) is 22.4 Å². The van der Waals surface area contributed by atoms with Gasteiger partial charge in [0.05, 0.1) is 17.6 Å². The van der Waals surface area contributed by atoms with Gasteiger partial charge in [0.1, 0.15) is 0 Å². The van der Waals surface area contributed by atoms with Crippen LogP contribution in [0.25, 0.3) is 11.3 Å². The van der Waals surface area contributed by atoms with Crippen molar-refractivity contribution in [2.45, 2.75) is 13.8 Å². The van der Waals surface area contributed by atoms with E-state index in [-0.39, 0.29) is 0 Å². The Bertz CT molecular complexity index is 858. The molecule has 0 saturated carbocycles. The van der Waals surface area contributed by atoms with Gasteiger partial charge in [-0.3, -0.25) is 9.98 Å². The van der Waals surface area contributed by atoms with E-state index in [0.717, 1.165) is 28.3 Å². The van der Waals surface area contributed by atoms with E-state index in [4.69, 9.17) is 0 Å².